The second-order valence-corrected chi connectivity index (χ2v) is 5.34. The fraction of sp³-hybridized carbons (Fsp3) is 0.538. The van der Waals surface area contributed by atoms with Gasteiger partial charge in [-0.3, -0.25) is 0 Å². The lowest BCUT2D eigenvalue weighted by Crippen LogP contribution is -2.02. The summed E-state index contributed by atoms with van der Waals surface area (Å²) in [6.07, 6.45) is 4.40. The quantitative estimate of drug-likeness (QED) is 0.813. The van der Waals surface area contributed by atoms with E-state index in [0.717, 1.165) is 23.1 Å². The van der Waals surface area contributed by atoms with Gasteiger partial charge in [-0.1, -0.05) is 26.7 Å². The number of aryl methyl sites for hydroxylation is 1. The Kier molecular flexibility index (Phi) is 4.36. The average molecular weight is 265 g/mol. The van der Waals surface area contributed by atoms with Crippen molar-refractivity contribution in [2.45, 2.75) is 39.5 Å². The molecule has 18 heavy (non-hydrogen) atoms. The first-order chi connectivity index (χ1) is 8.74. The Balaban J connectivity index is 2.21. The molecule has 5 heteroatoms. The number of aromatic nitrogens is 2. The van der Waals surface area contributed by atoms with Crippen molar-refractivity contribution in [2.75, 3.05) is 12.3 Å². The highest BCUT2D eigenvalue weighted by molar-refractivity contribution is 7.18. The maximum Gasteiger partial charge on any atom is 0.227 e. The van der Waals surface area contributed by atoms with Crippen LogP contribution < -0.4 is 10.5 Å². The molecule has 98 valence electrons. The molecule has 0 radical (unpaired) electrons. The number of nitrogen functional groups attached to an aromatic ring is 1. The summed E-state index contributed by atoms with van der Waals surface area (Å²) in [5, 5.41) is 0.988. The standard InChI is InChI=1S/C13H19N3OS/c1-3-5-6-7-17-11-10-8-9(4-2)18-12(10)16-13(14)15-11/h8H,3-7H2,1-2H3,(H2,14,15,16). The zero-order chi connectivity index (χ0) is 13.0. The summed E-state index contributed by atoms with van der Waals surface area (Å²) >= 11 is 1.66. The molecular formula is C13H19N3OS. The molecule has 2 aromatic rings. The number of fused-ring (bicyclic) bond motifs is 1. The first-order valence-corrected chi connectivity index (χ1v) is 7.25. The predicted molar refractivity (Wildman–Crippen MR) is 76.2 cm³/mol. The van der Waals surface area contributed by atoms with Gasteiger partial charge in [-0.2, -0.15) is 4.98 Å². The Morgan fingerprint density at radius 3 is 2.83 bits per heavy atom. The summed E-state index contributed by atoms with van der Waals surface area (Å²) < 4.78 is 5.74. The number of unbranched alkanes of at least 4 members (excludes halogenated alkanes) is 2. The predicted octanol–water partition coefficient (Wildman–Crippen LogP) is 3.40. The molecule has 0 atom stereocenters. The molecule has 0 spiro atoms. The molecule has 4 nitrogen and oxygen atoms in total. The van der Waals surface area contributed by atoms with Crippen LogP contribution >= 0.6 is 11.3 Å². The third-order valence-electron chi connectivity index (χ3n) is 2.76. The molecule has 0 unspecified atom stereocenters. The summed E-state index contributed by atoms with van der Waals surface area (Å²) in [6.45, 7) is 4.99. The minimum absolute atomic E-state index is 0.289. The number of thiophene rings is 1. The van der Waals surface area contributed by atoms with Gasteiger partial charge in [0.05, 0.1) is 12.0 Å². The van der Waals surface area contributed by atoms with E-state index >= 15 is 0 Å². The molecule has 0 amide bonds. The summed E-state index contributed by atoms with van der Waals surface area (Å²) in [5.74, 6) is 0.919. The zero-order valence-corrected chi connectivity index (χ0v) is 11.7. The van der Waals surface area contributed by atoms with Crippen LogP contribution in [0.15, 0.2) is 6.07 Å². The van der Waals surface area contributed by atoms with E-state index in [4.69, 9.17) is 10.5 Å². The number of hydrogen-bond donors (Lipinski definition) is 1. The van der Waals surface area contributed by atoms with Gasteiger partial charge in [0.2, 0.25) is 11.8 Å². The van der Waals surface area contributed by atoms with Crippen molar-refractivity contribution in [3.8, 4) is 5.88 Å². The molecule has 2 N–H and O–H groups in total. The Morgan fingerprint density at radius 1 is 1.28 bits per heavy atom. The van der Waals surface area contributed by atoms with E-state index in [9.17, 15) is 0 Å². The lowest BCUT2D eigenvalue weighted by atomic mass is 10.3. The zero-order valence-electron chi connectivity index (χ0n) is 10.9. The highest BCUT2D eigenvalue weighted by Gasteiger charge is 2.11. The van der Waals surface area contributed by atoms with Crippen LogP contribution in [0.4, 0.5) is 5.95 Å². The van der Waals surface area contributed by atoms with Crippen molar-refractivity contribution >= 4 is 27.5 Å². The largest absolute Gasteiger partial charge is 0.477 e. The van der Waals surface area contributed by atoms with Crippen LogP contribution in [0, 0.1) is 0 Å². The highest BCUT2D eigenvalue weighted by Crippen LogP contribution is 2.31. The van der Waals surface area contributed by atoms with Crippen molar-refractivity contribution < 1.29 is 4.74 Å². The first-order valence-electron chi connectivity index (χ1n) is 6.43. The van der Waals surface area contributed by atoms with Crippen LogP contribution in [-0.4, -0.2) is 16.6 Å². The van der Waals surface area contributed by atoms with Crippen LogP contribution in [0.1, 0.15) is 38.0 Å². The molecule has 0 aliphatic heterocycles. The van der Waals surface area contributed by atoms with Crippen LogP contribution in [0.2, 0.25) is 0 Å². The van der Waals surface area contributed by atoms with Crippen molar-refractivity contribution in [1.82, 2.24) is 9.97 Å². The van der Waals surface area contributed by atoms with E-state index in [1.165, 1.54) is 17.7 Å². The third-order valence-corrected chi connectivity index (χ3v) is 3.93. The molecule has 0 fully saturated rings. The van der Waals surface area contributed by atoms with Crippen molar-refractivity contribution in [3.63, 3.8) is 0 Å². The van der Waals surface area contributed by atoms with Gasteiger partial charge >= 0.3 is 0 Å². The number of nitrogens with two attached hydrogens (primary N) is 1. The van der Waals surface area contributed by atoms with Gasteiger partial charge in [0.15, 0.2) is 0 Å². The van der Waals surface area contributed by atoms with Crippen molar-refractivity contribution in [3.05, 3.63) is 10.9 Å². The van der Waals surface area contributed by atoms with Gasteiger partial charge in [0, 0.05) is 4.88 Å². The Morgan fingerprint density at radius 2 is 2.11 bits per heavy atom. The second kappa shape index (κ2) is 6.00. The molecule has 0 aromatic carbocycles. The fourth-order valence-electron chi connectivity index (χ4n) is 1.77. The molecule has 0 saturated heterocycles. The van der Waals surface area contributed by atoms with Crippen LogP contribution in [0.25, 0.3) is 10.2 Å². The van der Waals surface area contributed by atoms with Crippen LogP contribution in [-0.2, 0) is 6.42 Å². The number of hydrogen-bond acceptors (Lipinski definition) is 5. The number of nitrogens with zero attached hydrogens (tertiary/aromatic N) is 2. The monoisotopic (exact) mass is 265 g/mol. The van der Waals surface area contributed by atoms with Gasteiger partial charge in [0.25, 0.3) is 0 Å². The molecule has 2 heterocycles. The smallest absolute Gasteiger partial charge is 0.227 e. The minimum atomic E-state index is 0.289. The number of ether oxygens (including phenoxy) is 1. The lowest BCUT2D eigenvalue weighted by Gasteiger charge is -2.06. The van der Waals surface area contributed by atoms with Gasteiger partial charge < -0.3 is 10.5 Å². The topological polar surface area (TPSA) is 61.0 Å². The second-order valence-electron chi connectivity index (χ2n) is 4.23. The third kappa shape index (κ3) is 2.90. The van der Waals surface area contributed by atoms with E-state index in [1.54, 1.807) is 11.3 Å². The van der Waals surface area contributed by atoms with Gasteiger partial charge in [-0.25, -0.2) is 4.98 Å². The van der Waals surface area contributed by atoms with Crippen LogP contribution in [0.3, 0.4) is 0 Å². The number of rotatable bonds is 6. The first kappa shape index (κ1) is 13.1. The maximum atomic E-state index is 5.74. The van der Waals surface area contributed by atoms with E-state index < -0.39 is 0 Å². The molecule has 0 bridgehead atoms. The summed E-state index contributed by atoms with van der Waals surface area (Å²) in [7, 11) is 0. The van der Waals surface area contributed by atoms with Crippen LogP contribution in [0.5, 0.6) is 5.88 Å². The molecule has 0 aliphatic carbocycles. The maximum absolute atomic E-state index is 5.74. The van der Waals surface area contributed by atoms with E-state index in [1.807, 2.05) is 0 Å². The van der Waals surface area contributed by atoms with Crippen molar-refractivity contribution in [2.24, 2.45) is 0 Å². The summed E-state index contributed by atoms with van der Waals surface area (Å²) in [5.41, 5.74) is 5.71. The Labute approximate surface area is 111 Å². The minimum Gasteiger partial charge on any atom is -0.477 e. The van der Waals surface area contributed by atoms with Gasteiger partial charge in [0.1, 0.15) is 4.83 Å². The molecule has 2 rings (SSSR count). The highest BCUT2D eigenvalue weighted by atomic mass is 32.1. The SMILES string of the molecule is CCCCCOc1nc(N)nc2sc(CC)cc12. The Bertz CT molecular complexity index is 524. The van der Waals surface area contributed by atoms with Gasteiger partial charge in [-0.05, 0) is 18.9 Å². The average Bonchev–Trinajstić information content (AvgIpc) is 2.77. The van der Waals surface area contributed by atoms with E-state index in [0.29, 0.717) is 12.5 Å². The fourth-order valence-corrected chi connectivity index (χ4v) is 2.73. The van der Waals surface area contributed by atoms with E-state index in [-0.39, 0.29) is 5.95 Å². The summed E-state index contributed by atoms with van der Waals surface area (Å²) in [6, 6.07) is 2.11. The van der Waals surface area contributed by atoms with Gasteiger partial charge in [-0.15, -0.1) is 11.3 Å². The summed E-state index contributed by atoms with van der Waals surface area (Å²) in [4.78, 5) is 10.7. The molecule has 0 aliphatic rings. The normalized spacial score (nSPS) is 11.0. The van der Waals surface area contributed by atoms with Crippen molar-refractivity contribution in [1.29, 1.82) is 0 Å². The lowest BCUT2D eigenvalue weighted by molar-refractivity contribution is 0.299. The molecular weight excluding hydrogens is 246 g/mol. The molecule has 2 aromatic heterocycles. The Hall–Kier alpha value is -1.36. The molecule has 0 saturated carbocycles. The number of anilines is 1. The van der Waals surface area contributed by atoms with E-state index in [2.05, 4.69) is 29.9 Å².